The summed E-state index contributed by atoms with van der Waals surface area (Å²) in [4.78, 5) is 0.187. The molecular formula is C15H24ClFN2O2S. The zero-order valence-electron chi connectivity index (χ0n) is 13.0. The van der Waals surface area contributed by atoms with Crippen LogP contribution in [-0.2, 0) is 10.0 Å². The van der Waals surface area contributed by atoms with Crippen LogP contribution in [-0.4, -0.2) is 38.9 Å². The Labute approximate surface area is 138 Å². The van der Waals surface area contributed by atoms with Gasteiger partial charge in [0, 0.05) is 13.1 Å². The molecule has 0 amide bonds. The van der Waals surface area contributed by atoms with Gasteiger partial charge in [0.2, 0.25) is 10.0 Å². The van der Waals surface area contributed by atoms with Gasteiger partial charge in [-0.15, -0.1) is 12.4 Å². The number of piperidine rings is 1. The lowest BCUT2D eigenvalue weighted by atomic mass is 9.98. The third-order valence-electron chi connectivity index (χ3n) is 4.02. The lowest BCUT2D eigenvalue weighted by Crippen LogP contribution is -2.40. The maximum Gasteiger partial charge on any atom is 0.243 e. The monoisotopic (exact) mass is 350 g/mol. The molecule has 0 bridgehead atoms. The molecule has 1 aromatic carbocycles. The fourth-order valence-electron chi connectivity index (χ4n) is 2.63. The Morgan fingerprint density at radius 2 is 1.95 bits per heavy atom. The first-order valence-corrected chi connectivity index (χ1v) is 8.86. The number of hydrogen-bond acceptors (Lipinski definition) is 3. The van der Waals surface area contributed by atoms with Gasteiger partial charge in [-0.3, -0.25) is 0 Å². The van der Waals surface area contributed by atoms with Crippen LogP contribution in [0.2, 0.25) is 0 Å². The van der Waals surface area contributed by atoms with Crippen LogP contribution in [0, 0.1) is 18.7 Å². The zero-order valence-corrected chi connectivity index (χ0v) is 14.6. The quantitative estimate of drug-likeness (QED) is 0.888. The third kappa shape index (κ3) is 4.41. The van der Waals surface area contributed by atoms with Gasteiger partial charge < -0.3 is 5.32 Å². The smallest absolute Gasteiger partial charge is 0.243 e. The van der Waals surface area contributed by atoms with E-state index in [1.54, 1.807) is 6.92 Å². The molecule has 1 aromatic rings. The minimum atomic E-state index is -3.50. The van der Waals surface area contributed by atoms with Crippen molar-refractivity contribution in [2.45, 2.75) is 31.6 Å². The molecule has 1 aliphatic rings. The molecule has 22 heavy (non-hydrogen) atoms. The summed E-state index contributed by atoms with van der Waals surface area (Å²) in [6.07, 6.45) is 1.73. The molecule has 0 atom stereocenters. The van der Waals surface area contributed by atoms with Crippen molar-refractivity contribution in [1.82, 2.24) is 9.62 Å². The topological polar surface area (TPSA) is 49.4 Å². The van der Waals surface area contributed by atoms with Crippen LogP contribution in [0.1, 0.15) is 25.3 Å². The number of halogens is 2. The molecular weight excluding hydrogens is 327 g/mol. The summed E-state index contributed by atoms with van der Waals surface area (Å²) in [5, 5.41) is 3.31. The first-order valence-electron chi connectivity index (χ1n) is 7.42. The van der Waals surface area contributed by atoms with Gasteiger partial charge in [-0.1, -0.05) is 6.92 Å². The van der Waals surface area contributed by atoms with Crippen molar-refractivity contribution in [1.29, 1.82) is 0 Å². The fraction of sp³-hybridized carbons (Fsp3) is 0.600. The summed E-state index contributed by atoms with van der Waals surface area (Å²) >= 11 is 0. The summed E-state index contributed by atoms with van der Waals surface area (Å²) in [6, 6.07) is 3.98. The van der Waals surface area contributed by atoms with Gasteiger partial charge in [-0.2, -0.15) is 4.31 Å². The summed E-state index contributed by atoms with van der Waals surface area (Å²) < 4.78 is 39.9. The SMILES string of the molecule is CCNCC1CCN(S(=O)(=O)c2ccc(F)c(C)c2)CC1.Cl. The van der Waals surface area contributed by atoms with Crippen LogP contribution in [0.15, 0.2) is 23.1 Å². The molecule has 0 spiro atoms. The van der Waals surface area contributed by atoms with Gasteiger partial charge in [0.05, 0.1) is 4.90 Å². The Balaban J connectivity index is 0.00000242. The Bertz CT molecular complexity index is 587. The van der Waals surface area contributed by atoms with E-state index in [2.05, 4.69) is 12.2 Å². The number of hydrogen-bond donors (Lipinski definition) is 1. The molecule has 1 saturated heterocycles. The maximum absolute atomic E-state index is 13.3. The average Bonchev–Trinajstić information content (AvgIpc) is 2.48. The minimum absolute atomic E-state index is 0. The van der Waals surface area contributed by atoms with E-state index in [-0.39, 0.29) is 23.1 Å². The van der Waals surface area contributed by atoms with Crippen LogP contribution >= 0.6 is 12.4 Å². The molecule has 0 saturated carbocycles. The van der Waals surface area contributed by atoms with E-state index in [1.807, 2.05) is 0 Å². The van der Waals surface area contributed by atoms with E-state index in [0.717, 1.165) is 25.9 Å². The third-order valence-corrected chi connectivity index (χ3v) is 5.92. The zero-order chi connectivity index (χ0) is 15.5. The second-order valence-corrected chi connectivity index (χ2v) is 7.50. The molecule has 4 nitrogen and oxygen atoms in total. The summed E-state index contributed by atoms with van der Waals surface area (Å²) in [5.41, 5.74) is 0.359. The van der Waals surface area contributed by atoms with Crippen molar-refractivity contribution in [3.8, 4) is 0 Å². The van der Waals surface area contributed by atoms with Crippen molar-refractivity contribution < 1.29 is 12.8 Å². The van der Waals surface area contributed by atoms with E-state index in [4.69, 9.17) is 0 Å². The van der Waals surface area contributed by atoms with Crippen molar-refractivity contribution in [2.75, 3.05) is 26.2 Å². The van der Waals surface area contributed by atoms with Gasteiger partial charge in [-0.05, 0) is 62.5 Å². The van der Waals surface area contributed by atoms with Crippen LogP contribution in [0.4, 0.5) is 4.39 Å². The van der Waals surface area contributed by atoms with Crippen molar-refractivity contribution in [2.24, 2.45) is 5.92 Å². The largest absolute Gasteiger partial charge is 0.317 e. The van der Waals surface area contributed by atoms with E-state index in [1.165, 1.54) is 22.5 Å². The highest BCUT2D eigenvalue weighted by Crippen LogP contribution is 2.24. The number of aryl methyl sites for hydroxylation is 1. The molecule has 0 radical (unpaired) electrons. The maximum atomic E-state index is 13.3. The van der Waals surface area contributed by atoms with E-state index in [0.29, 0.717) is 24.6 Å². The fourth-order valence-corrected chi connectivity index (χ4v) is 4.18. The number of nitrogens with one attached hydrogen (secondary N) is 1. The van der Waals surface area contributed by atoms with Crippen molar-refractivity contribution >= 4 is 22.4 Å². The Hall–Kier alpha value is -0.690. The van der Waals surface area contributed by atoms with Gasteiger partial charge in [0.1, 0.15) is 5.82 Å². The lowest BCUT2D eigenvalue weighted by Gasteiger charge is -2.31. The normalized spacial score (nSPS) is 17.2. The molecule has 1 fully saturated rings. The Morgan fingerprint density at radius 1 is 1.32 bits per heavy atom. The van der Waals surface area contributed by atoms with Crippen LogP contribution in [0.25, 0.3) is 0 Å². The molecule has 2 rings (SSSR count). The lowest BCUT2D eigenvalue weighted by molar-refractivity contribution is 0.268. The van der Waals surface area contributed by atoms with Gasteiger partial charge in [0.15, 0.2) is 0 Å². The standard InChI is InChI=1S/C15H23FN2O2S.ClH/c1-3-17-11-13-6-8-18(9-7-13)21(19,20)14-4-5-15(16)12(2)10-14;/h4-5,10,13,17H,3,6-9,11H2,1-2H3;1H. The van der Waals surface area contributed by atoms with Crippen molar-refractivity contribution in [3.05, 3.63) is 29.6 Å². The first-order chi connectivity index (χ1) is 9.95. The Morgan fingerprint density at radius 3 is 2.50 bits per heavy atom. The van der Waals surface area contributed by atoms with Crippen LogP contribution in [0.3, 0.4) is 0 Å². The predicted octanol–water partition coefficient (Wildman–Crippen LogP) is 2.57. The molecule has 1 heterocycles. The molecule has 126 valence electrons. The molecule has 0 unspecified atom stereocenters. The number of benzene rings is 1. The van der Waals surface area contributed by atoms with E-state index in [9.17, 15) is 12.8 Å². The highest BCUT2D eigenvalue weighted by molar-refractivity contribution is 7.89. The second kappa shape index (κ2) is 8.24. The van der Waals surface area contributed by atoms with Gasteiger partial charge in [-0.25, -0.2) is 12.8 Å². The minimum Gasteiger partial charge on any atom is -0.317 e. The molecule has 1 N–H and O–H groups in total. The molecule has 1 aliphatic heterocycles. The second-order valence-electron chi connectivity index (χ2n) is 5.57. The summed E-state index contributed by atoms with van der Waals surface area (Å²) in [7, 11) is -3.50. The Kier molecular flexibility index (Phi) is 7.25. The number of nitrogens with zero attached hydrogens (tertiary/aromatic N) is 1. The predicted molar refractivity (Wildman–Crippen MR) is 88.4 cm³/mol. The van der Waals surface area contributed by atoms with Crippen molar-refractivity contribution in [3.63, 3.8) is 0 Å². The van der Waals surface area contributed by atoms with E-state index < -0.39 is 10.0 Å². The highest BCUT2D eigenvalue weighted by atomic mass is 35.5. The first kappa shape index (κ1) is 19.4. The average molecular weight is 351 g/mol. The summed E-state index contributed by atoms with van der Waals surface area (Å²) in [6.45, 7) is 6.60. The van der Waals surface area contributed by atoms with Gasteiger partial charge in [0.25, 0.3) is 0 Å². The summed E-state index contributed by atoms with van der Waals surface area (Å²) in [5.74, 6) is 0.157. The molecule has 7 heteroatoms. The van der Waals surface area contributed by atoms with E-state index >= 15 is 0 Å². The molecule has 0 aromatic heterocycles. The van der Waals surface area contributed by atoms with Crippen LogP contribution < -0.4 is 5.32 Å². The highest BCUT2D eigenvalue weighted by Gasteiger charge is 2.29. The molecule has 0 aliphatic carbocycles. The van der Waals surface area contributed by atoms with Gasteiger partial charge >= 0.3 is 0 Å². The number of sulfonamides is 1. The van der Waals surface area contributed by atoms with Crippen LogP contribution in [0.5, 0.6) is 0 Å². The number of rotatable bonds is 5.